The third-order valence-corrected chi connectivity index (χ3v) is 2.57. The SMILES string of the molecule is COC(=O)C(CC#N)CC(NC(=O)OC(C)(C)C)C(=O)OC. The van der Waals surface area contributed by atoms with E-state index in [0.717, 1.165) is 7.11 Å². The van der Waals surface area contributed by atoms with Crippen LogP contribution in [0.5, 0.6) is 0 Å². The number of nitrogens with zero attached hydrogens (tertiary/aromatic N) is 1. The number of carbonyl (C=O) groups is 3. The summed E-state index contributed by atoms with van der Waals surface area (Å²) in [5, 5.41) is 11.1. The van der Waals surface area contributed by atoms with Gasteiger partial charge in [-0.3, -0.25) is 4.79 Å². The van der Waals surface area contributed by atoms with Crippen LogP contribution >= 0.6 is 0 Å². The maximum Gasteiger partial charge on any atom is 0.408 e. The molecule has 0 aliphatic carbocycles. The highest BCUT2D eigenvalue weighted by Crippen LogP contribution is 2.15. The smallest absolute Gasteiger partial charge is 0.408 e. The van der Waals surface area contributed by atoms with E-state index in [2.05, 4.69) is 14.8 Å². The molecular weight excluding hydrogens is 292 g/mol. The summed E-state index contributed by atoms with van der Waals surface area (Å²) in [6.45, 7) is 5.02. The van der Waals surface area contributed by atoms with Crippen molar-refractivity contribution in [1.29, 1.82) is 5.26 Å². The van der Waals surface area contributed by atoms with E-state index in [0.29, 0.717) is 0 Å². The summed E-state index contributed by atoms with van der Waals surface area (Å²) in [5.74, 6) is -2.23. The molecule has 0 rings (SSSR count). The minimum absolute atomic E-state index is 0.119. The van der Waals surface area contributed by atoms with E-state index in [1.807, 2.05) is 6.07 Å². The Morgan fingerprint density at radius 1 is 1.14 bits per heavy atom. The Labute approximate surface area is 129 Å². The van der Waals surface area contributed by atoms with Gasteiger partial charge in [-0.25, -0.2) is 9.59 Å². The van der Waals surface area contributed by atoms with Crippen molar-refractivity contribution in [2.45, 2.75) is 45.3 Å². The van der Waals surface area contributed by atoms with Gasteiger partial charge in [0.1, 0.15) is 11.6 Å². The second kappa shape index (κ2) is 8.87. The van der Waals surface area contributed by atoms with E-state index < -0.39 is 35.6 Å². The number of rotatable bonds is 6. The van der Waals surface area contributed by atoms with Crippen LogP contribution in [0.25, 0.3) is 0 Å². The second-order valence-electron chi connectivity index (χ2n) is 5.54. The van der Waals surface area contributed by atoms with Gasteiger partial charge in [0.2, 0.25) is 0 Å². The highest BCUT2D eigenvalue weighted by atomic mass is 16.6. The molecule has 0 saturated heterocycles. The number of amides is 1. The van der Waals surface area contributed by atoms with Crippen LogP contribution in [0.4, 0.5) is 4.79 Å². The lowest BCUT2D eigenvalue weighted by Crippen LogP contribution is -2.45. The maximum absolute atomic E-state index is 11.7. The van der Waals surface area contributed by atoms with Gasteiger partial charge >= 0.3 is 18.0 Å². The molecule has 1 amide bonds. The molecule has 1 N–H and O–H groups in total. The largest absolute Gasteiger partial charge is 0.469 e. The minimum atomic E-state index is -1.11. The van der Waals surface area contributed by atoms with Crippen molar-refractivity contribution in [2.24, 2.45) is 5.92 Å². The molecule has 0 aromatic carbocycles. The van der Waals surface area contributed by atoms with Crippen molar-refractivity contribution in [2.75, 3.05) is 14.2 Å². The van der Waals surface area contributed by atoms with Crippen LogP contribution in [0, 0.1) is 17.2 Å². The van der Waals surface area contributed by atoms with E-state index in [4.69, 9.17) is 10.00 Å². The Kier molecular flexibility index (Phi) is 7.94. The summed E-state index contributed by atoms with van der Waals surface area (Å²) >= 11 is 0. The fourth-order valence-corrected chi connectivity index (χ4v) is 1.63. The average molecular weight is 314 g/mol. The summed E-state index contributed by atoms with van der Waals surface area (Å²) in [4.78, 5) is 35.1. The molecule has 124 valence electrons. The Morgan fingerprint density at radius 3 is 2.09 bits per heavy atom. The van der Waals surface area contributed by atoms with Gasteiger partial charge in [-0.05, 0) is 27.2 Å². The predicted molar refractivity (Wildman–Crippen MR) is 75.5 cm³/mol. The van der Waals surface area contributed by atoms with Crippen molar-refractivity contribution in [3.8, 4) is 6.07 Å². The monoisotopic (exact) mass is 314 g/mol. The van der Waals surface area contributed by atoms with Crippen LogP contribution in [0.3, 0.4) is 0 Å². The Balaban J connectivity index is 4.98. The third kappa shape index (κ3) is 7.47. The van der Waals surface area contributed by atoms with Crippen molar-refractivity contribution in [3.63, 3.8) is 0 Å². The molecule has 2 atom stereocenters. The van der Waals surface area contributed by atoms with Gasteiger partial charge in [-0.2, -0.15) is 5.26 Å². The molecule has 8 nitrogen and oxygen atoms in total. The second-order valence-corrected chi connectivity index (χ2v) is 5.54. The van der Waals surface area contributed by atoms with E-state index in [1.54, 1.807) is 20.8 Å². The van der Waals surface area contributed by atoms with Crippen molar-refractivity contribution >= 4 is 18.0 Å². The molecule has 0 heterocycles. The predicted octanol–water partition coefficient (Wildman–Crippen LogP) is 1.15. The number of esters is 2. The van der Waals surface area contributed by atoms with Crippen LogP contribution in [0.1, 0.15) is 33.6 Å². The zero-order valence-electron chi connectivity index (χ0n) is 13.5. The zero-order valence-corrected chi connectivity index (χ0v) is 13.5. The van der Waals surface area contributed by atoms with Crippen LogP contribution < -0.4 is 5.32 Å². The lowest BCUT2D eigenvalue weighted by molar-refractivity contribution is -0.148. The van der Waals surface area contributed by atoms with Gasteiger partial charge in [0.25, 0.3) is 0 Å². The molecule has 0 spiro atoms. The fourth-order valence-electron chi connectivity index (χ4n) is 1.63. The summed E-state index contributed by atoms with van der Waals surface area (Å²) in [6, 6.07) is 0.726. The Hall–Kier alpha value is -2.30. The van der Waals surface area contributed by atoms with Gasteiger partial charge in [0, 0.05) is 6.42 Å². The molecule has 0 aliphatic rings. The minimum Gasteiger partial charge on any atom is -0.469 e. The maximum atomic E-state index is 11.7. The summed E-state index contributed by atoms with van der Waals surface area (Å²) < 4.78 is 14.2. The first-order chi connectivity index (χ1) is 10.1. The lowest BCUT2D eigenvalue weighted by Gasteiger charge is -2.23. The first-order valence-corrected chi connectivity index (χ1v) is 6.66. The van der Waals surface area contributed by atoms with Gasteiger partial charge in [0.15, 0.2) is 0 Å². The number of ether oxygens (including phenoxy) is 3. The fraction of sp³-hybridized carbons (Fsp3) is 0.714. The van der Waals surface area contributed by atoms with Gasteiger partial charge in [0.05, 0.1) is 26.2 Å². The molecule has 0 fully saturated rings. The van der Waals surface area contributed by atoms with Crippen LogP contribution in [-0.4, -0.2) is 43.9 Å². The van der Waals surface area contributed by atoms with Crippen LogP contribution in [0.2, 0.25) is 0 Å². The highest BCUT2D eigenvalue weighted by molar-refractivity contribution is 5.82. The number of nitriles is 1. The summed E-state index contributed by atoms with van der Waals surface area (Å²) in [7, 11) is 2.34. The molecule has 0 aromatic heterocycles. The van der Waals surface area contributed by atoms with Crippen LogP contribution in [0.15, 0.2) is 0 Å². The number of carbonyl (C=O) groups excluding carboxylic acids is 3. The first-order valence-electron chi connectivity index (χ1n) is 6.66. The molecule has 22 heavy (non-hydrogen) atoms. The molecule has 2 unspecified atom stereocenters. The lowest BCUT2D eigenvalue weighted by atomic mass is 9.97. The Morgan fingerprint density at radius 2 is 1.68 bits per heavy atom. The van der Waals surface area contributed by atoms with E-state index in [-0.39, 0.29) is 12.8 Å². The average Bonchev–Trinajstić information content (AvgIpc) is 2.42. The van der Waals surface area contributed by atoms with Crippen LogP contribution in [-0.2, 0) is 23.8 Å². The van der Waals surface area contributed by atoms with Crippen molar-refractivity contribution < 1.29 is 28.6 Å². The third-order valence-electron chi connectivity index (χ3n) is 2.57. The normalized spacial score (nSPS) is 13.3. The van der Waals surface area contributed by atoms with E-state index in [9.17, 15) is 14.4 Å². The van der Waals surface area contributed by atoms with Gasteiger partial charge in [-0.1, -0.05) is 0 Å². The Bertz CT molecular complexity index is 449. The van der Waals surface area contributed by atoms with Gasteiger partial charge < -0.3 is 19.5 Å². The molecular formula is C14H22N2O6. The standard InChI is InChI=1S/C14H22N2O6/c1-14(2,3)22-13(19)16-10(12(18)21-5)8-9(6-7-15)11(17)20-4/h9-10H,6,8H2,1-5H3,(H,16,19). The van der Waals surface area contributed by atoms with Crippen molar-refractivity contribution in [1.82, 2.24) is 5.32 Å². The number of hydrogen-bond acceptors (Lipinski definition) is 7. The molecule has 0 saturated carbocycles. The molecule has 8 heteroatoms. The number of hydrogen-bond donors (Lipinski definition) is 1. The van der Waals surface area contributed by atoms with Crippen molar-refractivity contribution in [3.05, 3.63) is 0 Å². The highest BCUT2D eigenvalue weighted by Gasteiger charge is 2.31. The molecule has 0 radical (unpaired) electrons. The number of methoxy groups -OCH3 is 2. The summed E-state index contributed by atoms with van der Waals surface area (Å²) in [5.41, 5.74) is -0.737. The van der Waals surface area contributed by atoms with E-state index >= 15 is 0 Å². The molecule has 0 aromatic rings. The summed E-state index contributed by atoms with van der Waals surface area (Å²) in [6.07, 6.45) is -1.08. The quantitative estimate of drug-likeness (QED) is 0.577. The topological polar surface area (TPSA) is 115 Å². The molecule has 0 aliphatic heterocycles. The number of alkyl carbamates (subject to hydrolysis) is 1. The van der Waals surface area contributed by atoms with Gasteiger partial charge in [-0.15, -0.1) is 0 Å². The first kappa shape index (κ1) is 19.7. The molecule has 0 bridgehead atoms. The van der Waals surface area contributed by atoms with E-state index in [1.165, 1.54) is 7.11 Å². The zero-order chi connectivity index (χ0) is 17.3. The number of nitrogens with one attached hydrogen (secondary N) is 1.